The number of hydrogen-bond donors (Lipinski definition) is 0. The van der Waals surface area contributed by atoms with E-state index < -0.39 is 0 Å². The van der Waals surface area contributed by atoms with Gasteiger partial charge in [-0.1, -0.05) is 170 Å². The van der Waals surface area contributed by atoms with E-state index in [1.54, 1.807) is 0 Å². The molecule has 0 spiro atoms. The summed E-state index contributed by atoms with van der Waals surface area (Å²) in [5.74, 6) is 0.429. The molecule has 0 heteroatoms. The normalized spacial score (nSPS) is 15.8. The van der Waals surface area contributed by atoms with Crippen molar-refractivity contribution in [3.05, 3.63) is 226 Å². The van der Waals surface area contributed by atoms with Crippen molar-refractivity contribution in [1.82, 2.24) is 0 Å². The van der Waals surface area contributed by atoms with E-state index in [1.807, 2.05) is 0 Å². The zero-order chi connectivity index (χ0) is 33.5. The maximum absolute atomic E-state index is 2.47. The van der Waals surface area contributed by atoms with E-state index >= 15 is 0 Å². The molecule has 3 aliphatic carbocycles. The molecule has 0 radical (unpaired) electrons. The molecule has 238 valence electrons. The second-order valence-electron chi connectivity index (χ2n) is 14.4. The van der Waals surface area contributed by atoms with E-state index in [2.05, 4.69) is 182 Å². The van der Waals surface area contributed by atoms with Crippen LogP contribution in [0, 0.1) is 0 Å². The third-order valence-electron chi connectivity index (χ3n) is 11.7. The third kappa shape index (κ3) is 4.40. The van der Waals surface area contributed by atoms with E-state index in [9.17, 15) is 0 Å². The lowest BCUT2D eigenvalue weighted by Gasteiger charge is -2.17. The first kappa shape index (κ1) is 28.6. The average Bonchev–Trinajstić information content (AvgIpc) is 3.85. The lowest BCUT2D eigenvalue weighted by atomic mass is 9.86. The average molecular weight is 647 g/mol. The van der Waals surface area contributed by atoms with Crippen LogP contribution in [-0.4, -0.2) is 0 Å². The van der Waals surface area contributed by atoms with Gasteiger partial charge in [-0.05, 0) is 119 Å². The molecule has 8 aromatic rings. The second kappa shape index (κ2) is 11.1. The molecule has 2 unspecified atom stereocenters. The number of rotatable bonds is 4. The molecule has 3 aliphatic rings. The molecule has 0 fully saturated rings. The Balaban J connectivity index is 0.972. The molecular formula is C51H34. The predicted octanol–water partition coefficient (Wildman–Crippen LogP) is 12.9. The SMILES string of the molecule is c1ccc(C2c3ccccc3-c3ccc(-c4ccc5c(c4)C(c4ccc(-c6ccc7c(c6)Cc6ccccc6-7)cc4)c4ccccc4-5)cc32)cc1. The van der Waals surface area contributed by atoms with Gasteiger partial charge in [0, 0.05) is 11.8 Å². The molecule has 0 amide bonds. The maximum atomic E-state index is 2.47. The fourth-order valence-corrected chi connectivity index (χ4v) is 9.33. The Bertz CT molecular complexity index is 2660. The second-order valence-corrected chi connectivity index (χ2v) is 14.4. The standard InChI is InChI=1S/C51H34/c1-2-10-33(11-3-1)50-46-16-8-6-14-42(46)44-26-23-36(30-48(44)50)37-24-27-45-43-15-7-9-17-47(43)51(49(45)31-37)34-20-18-32(19-21-34)35-22-25-41-39(28-35)29-38-12-4-5-13-40(38)41/h1-28,30-31,50-51H,29H2. The predicted molar refractivity (Wildman–Crippen MR) is 211 cm³/mol. The van der Waals surface area contributed by atoms with Gasteiger partial charge in [0.25, 0.3) is 0 Å². The maximum Gasteiger partial charge on any atom is 0.0352 e. The fraction of sp³-hybridized carbons (Fsp3) is 0.0588. The van der Waals surface area contributed by atoms with Crippen molar-refractivity contribution < 1.29 is 0 Å². The molecule has 0 saturated carbocycles. The van der Waals surface area contributed by atoms with Gasteiger partial charge in [-0.3, -0.25) is 0 Å². The molecule has 0 N–H and O–H groups in total. The van der Waals surface area contributed by atoms with Gasteiger partial charge in [0.1, 0.15) is 0 Å². The molecule has 0 heterocycles. The number of fused-ring (bicyclic) bond motifs is 9. The Hall–Kier alpha value is -6.24. The van der Waals surface area contributed by atoms with Crippen molar-refractivity contribution in [2.45, 2.75) is 18.3 Å². The summed E-state index contributed by atoms with van der Waals surface area (Å²) in [6.07, 6.45) is 1.01. The molecule has 51 heavy (non-hydrogen) atoms. The van der Waals surface area contributed by atoms with Crippen LogP contribution in [0.4, 0.5) is 0 Å². The molecule has 0 saturated heterocycles. The summed E-state index contributed by atoms with van der Waals surface area (Å²) in [7, 11) is 0. The van der Waals surface area contributed by atoms with Crippen LogP contribution < -0.4 is 0 Å². The summed E-state index contributed by atoms with van der Waals surface area (Å²) < 4.78 is 0. The third-order valence-corrected chi connectivity index (χ3v) is 11.7. The van der Waals surface area contributed by atoms with Crippen molar-refractivity contribution in [1.29, 1.82) is 0 Å². The molecule has 8 aromatic carbocycles. The molecule has 0 aromatic heterocycles. The van der Waals surface area contributed by atoms with Crippen LogP contribution in [0.15, 0.2) is 182 Å². The van der Waals surface area contributed by atoms with Crippen LogP contribution in [0.5, 0.6) is 0 Å². The quantitative estimate of drug-likeness (QED) is 0.178. The summed E-state index contributed by atoms with van der Waals surface area (Å²) in [5, 5.41) is 0. The number of benzene rings is 8. The summed E-state index contributed by atoms with van der Waals surface area (Å²) in [5.41, 5.74) is 24.4. The van der Waals surface area contributed by atoms with E-state index in [1.165, 1.54) is 100 Å². The highest BCUT2D eigenvalue weighted by molar-refractivity contribution is 5.87. The van der Waals surface area contributed by atoms with E-state index in [0.29, 0.717) is 0 Å². The van der Waals surface area contributed by atoms with Crippen molar-refractivity contribution >= 4 is 0 Å². The van der Waals surface area contributed by atoms with Crippen LogP contribution in [0.1, 0.15) is 56.3 Å². The highest BCUT2D eigenvalue weighted by Gasteiger charge is 2.32. The van der Waals surface area contributed by atoms with E-state index in [4.69, 9.17) is 0 Å². The fourth-order valence-electron chi connectivity index (χ4n) is 9.33. The van der Waals surface area contributed by atoms with Crippen molar-refractivity contribution in [2.24, 2.45) is 0 Å². The summed E-state index contributed by atoms with van der Waals surface area (Å²) in [4.78, 5) is 0. The number of hydrogen-bond acceptors (Lipinski definition) is 0. The van der Waals surface area contributed by atoms with Gasteiger partial charge in [0.05, 0.1) is 0 Å². The molecule has 0 bridgehead atoms. The topological polar surface area (TPSA) is 0 Å². The van der Waals surface area contributed by atoms with Crippen LogP contribution in [0.3, 0.4) is 0 Å². The van der Waals surface area contributed by atoms with Crippen molar-refractivity contribution in [3.8, 4) is 55.6 Å². The van der Waals surface area contributed by atoms with Gasteiger partial charge in [-0.2, -0.15) is 0 Å². The van der Waals surface area contributed by atoms with Gasteiger partial charge < -0.3 is 0 Å². The first-order chi connectivity index (χ1) is 25.3. The first-order valence-corrected chi connectivity index (χ1v) is 18.1. The Labute approximate surface area is 299 Å². The highest BCUT2D eigenvalue weighted by atomic mass is 14.3. The molecular weight excluding hydrogens is 613 g/mol. The Morgan fingerprint density at radius 1 is 0.275 bits per heavy atom. The monoisotopic (exact) mass is 646 g/mol. The minimum Gasteiger partial charge on any atom is -0.0622 e. The summed E-state index contributed by atoms with van der Waals surface area (Å²) in [6.45, 7) is 0. The zero-order valence-electron chi connectivity index (χ0n) is 28.2. The Kier molecular flexibility index (Phi) is 6.24. The Morgan fingerprint density at radius 2 is 0.706 bits per heavy atom. The highest BCUT2D eigenvalue weighted by Crippen LogP contribution is 2.51. The minimum absolute atomic E-state index is 0.190. The molecule has 0 aliphatic heterocycles. The van der Waals surface area contributed by atoms with Gasteiger partial charge in [-0.15, -0.1) is 0 Å². The van der Waals surface area contributed by atoms with E-state index in [0.717, 1.165) is 6.42 Å². The van der Waals surface area contributed by atoms with Gasteiger partial charge in [0.2, 0.25) is 0 Å². The summed E-state index contributed by atoms with van der Waals surface area (Å²) >= 11 is 0. The lowest BCUT2D eigenvalue weighted by Crippen LogP contribution is -2.00. The van der Waals surface area contributed by atoms with E-state index in [-0.39, 0.29) is 11.8 Å². The van der Waals surface area contributed by atoms with Gasteiger partial charge >= 0.3 is 0 Å². The van der Waals surface area contributed by atoms with Crippen LogP contribution in [0.2, 0.25) is 0 Å². The van der Waals surface area contributed by atoms with Crippen LogP contribution in [-0.2, 0) is 6.42 Å². The van der Waals surface area contributed by atoms with Crippen molar-refractivity contribution in [2.75, 3.05) is 0 Å². The zero-order valence-corrected chi connectivity index (χ0v) is 28.2. The minimum atomic E-state index is 0.190. The summed E-state index contributed by atoms with van der Waals surface area (Å²) in [6, 6.07) is 68.4. The van der Waals surface area contributed by atoms with Gasteiger partial charge in [0.15, 0.2) is 0 Å². The van der Waals surface area contributed by atoms with Crippen molar-refractivity contribution in [3.63, 3.8) is 0 Å². The lowest BCUT2D eigenvalue weighted by molar-refractivity contribution is 1.01. The molecule has 11 rings (SSSR count). The van der Waals surface area contributed by atoms with Crippen LogP contribution in [0.25, 0.3) is 55.6 Å². The largest absolute Gasteiger partial charge is 0.0622 e. The Morgan fingerprint density at radius 3 is 1.33 bits per heavy atom. The molecule has 0 nitrogen and oxygen atoms in total. The molecule has 2 atom stereocenters. The smallest absolute Gasteiger partial charge is 0.0352 e. The van der Waals surface area contributed by atoms with Crippen LogP contribution >= 0.6 is 0 Å². The van der Waals surface area contributed by atoms with Gasteiger partial charge in [-0.25, -0.2) is 0 Å². The first-order valence-electron chi connectivity index (χ1n) is 18.1.